The van der Waals surface area contributed by atoms with Gasteiger partial charge in [0.1, 0.15) is 17.2 Å². The molecule has 4 nitrogen and oxygen atoms in total. The van der Waals surface area contributed by atoms with E-state index < -0.39 is 17.3 Å². The summed E-state index contributed by atoms with van der Waals surface area (Å²) >= 11 is 0. The third kappa shape index (κ3) is 4.04. The maximum absolute atomic E-state index is 14.1. The summed E-state index contributed by atoms with van der Waals surface area (Å²) in [5.41, 5.74) is 7.65. The van der Waals surface area contributed by atoms with Crippen molar-refractivity contribution in [3.8, 4) is 5.75 Å². The topological polar surface area (TPSA) is 64.3 Å². The molecule has 0 radical (unpaired) electrons. The lowest BCUT2D eigenvalue weighted by Gasteiger charge is -2.38. The quantitative estimate of drug-likeness (QED) is 0.786. The number of halogens is 2. The molecule has 25 heavy (non-hydrogen) atoms. The zero-order chi connectivity index (χ0) is 17.5. The molecule has 0 spiro atoms. The molecule has 0 saturated carbocycles. The summed E-state index contributed by atoms with van der Waals surface area (Å²) in [6, 6.07) is 9.65. The van der Waals surface area contributed by atoms with Gasteiger partial charge in [0.2, 0.25) is 0 Å². The predicted octanol–water partition coefficient (Wildman–Crippen LogP) is 4.17. The molecule has 1 heterocycles. The fourth-order valence-corrected chi connectivity index (χ4v) is 3.04. The molecule has 1 aliphatic rings. The highest BCUT2D eigenvalue weighted by atomic mass is 35.5. The number of anilines is 1. The van der Waals surface area contributed by atoms with Gasteiger partial charge in [-0.25, -0.2) is 4.39 Å². The average Bonchev–Trinajstić information content (AvgIpc) is 2.47. The van der Waals surface area contributed by atoms with Crippen molar-refractivity contribution >= 4 is 24.0 Å². The van der Waals surface area contributed by atoms with Gasteiger partial charge in [0, 0.05) is 17.7 Å². The Labute approximate surface area is 153 Å². The zero-order valence-corrected chi connectivity index (χ0v) is 15.2. The number of fused-ring (bicyclic) bond motifs is 1. The normalized spacial score (nSPS) is 17.7. The highest BCUT2D eigenvalue weighted by molar-refractivity contribution is 5.94. The van der Waals surface area contributed by atoms with Gasteiger partial charge >= 0.3 is 0 Å². The molecule has 134 valence electrons. The summed E-state index contributed by atoms with van der Waals surface area (Å²) in [5, 5.41) is 2.92. The van der Waals surface area contributed by atoms with Crippen LogP contribution >= 0.6 is 12.4 Å². The Balaban J connectivity index is 0.00000225. The van der Waals surface area contributed by atoms with Crippen molar-refractivity contribution in [1.29, 1.82) is 0 Å². The molecule has 0 saturated heterocycles. The number of nitrogens with two attached hydrogens (primary N) is 1. The molecular weight excluding hydrogens is 343 g/mol. The van der Waals surface area contributed by atoms with Crippen molar-refractivity contribution in [2.24, 2.45) is 0 Å². The summed E-state index contributed by atoms with van der Waals surface area (Å²) < 4.78 is 20.0. The van der Waals surface area contributed by atoms with Crippen LogP contribution in [0.5, 0.6) is 5.75 Å². The van der Waals surface area contributed by atoms with Gasteiger partial charge < -0.3 is 15.8 Å². The first kappa shape index (κ1) is 19.1. The highest BCUT2D eigenvalue weighted by Crippen LogP contribution is 2.40. The molecular formula is C19H22ClFN2O2. The molecule has 1 atom stereocenters. The maximum atomic E-state index is 14.1. The Morgan fingerprint density at radius 3 is 2.68 bits per heavy atom. The summed E-state index contributed by atoms with van der Waals surface area (Å²) in [6.07, 6.45) is 0.572. The van der Waals surface area contributed by atoms with E-state index >= 15 is 0 Å². The number of carbonyl (C=O) groups excluding carboxylic acids is 1. The number of aryl methyl sites for hydroxylation is 1. The van der Waals surface area contributed by atoms with E-state index in [2.05, 4.69) is 5.32 Å². The largest absolute Gasteiger partial charge is 0.487 e. The van der Waals surface area contributed by atoms with Crippen molar-refractivity contribution < 1.29 is 13.9 Å². The number of amides is 1. The van der Waals surface area contributed by atoms with E-state index in [-0.39, 0.29) is 24.0 Å². The smallest absolute Gasteiger partial charge is 0.254 e. The fourth-order valence-electron chi connectivity index (χ4n) is 3.04. The van der Waals surface area contributed by atoms with Gasteiger partial charge in [0.05, 0.1) is 11.6 Å². The monoisotopic (exact) mass is 364 g/mol. The standard InChI is InChI=1S/C19H21FN2O2.ClH/c1-11-4-6-13(15(20)8-11)18(23)22-16-10-19(2,3)24-17-7-5-12(21)9-14(16)17;/h4-9,16H,10,21H2,1-3H3,(H,22,23);1H. The first-order valence-corrected chi connectivity index (χ1v) is 7.91. The van der Waals surface area contributed by atoms with Crippen molar-refractivity contribution in [2.75, 3.05) is 5.73 Å². The molecule has 1 aliphatic heterocycles. The zero-order valence-electron chi connectivity index (χ0n) is 14.4. The summed E-state index contributed by atoms with van der Waals surface area (Å²) in [6.45, 7) is 5.70. The summed E-state index contributed by atoms with van der Waals surface area (Å²) in [7, 11) is 0. The molecule has 1 unspecified atom stereocenters. The molecule has 2 aromatic carbocycles. The molecule has 0 aromatic heterocycles. The van der Waals surface area contributed by atoms with E-state index in [9.17, 15) is 9.18 Å². The Bertz CT molecular complexity index is 808. The number of benzene rings is 2. The van der Waals surface area contributed by atoms with E-state index in [1.54, 1.807) is 31.2 Å². The number of hydrogen-bond acceptors (Lipinski definition) is 3. The highest BCUT2D eigenvalue weighted by Gasteiger charge is 2.35. The van der Waals surface area contributed by atoms with Crippen LogP contribution in [0.1, 0.15) is 47.8 Å². The Morgan fingerprint density at radius 2 is 2.00 bits per heavy atom. The summed E-state index contributed by atoms with van der Waals surface area (Å²) in [5.74, 6) is -0.273. The van der Waals surface area contributed by atoms with Crippen LogP contribution in [0.2, 0.25) is 0 Å². The van der Waals surface area contributed by atoms with E-state index in [1.165, 1.54) is 12.1 Å². The molecule has 1 amide bonds. The van der Waals surface area contributed by atoms with Crippen LogP contribution in [-0.4, -0.2) is 11.5 Å². The second-order valence-electron chi connectivity index (χ2n) is 6.87. The first-order valence-electron chi connectivity index (χ1n) is 7.91. The van der Waals surface area contributed by atoms with Gasteiger partial charge in [0.25, 0.3) is 5.91 Å². The van der Waals surface area contributed by atoms with E-state index in [1.807, 2.05) is 13.8 Å². The lowest BCUT2D eigenvalue weighted by molar-refractivity contribution is 0.0619. The Kier molecular flexibility index (Phi) is 5.28. The average molecular weight is 365 g/mol. The van der Waals surface area contributed by atoms with Gasteiger partial charge in [-0.15, -0.1) is 12.4 Å². The minimum absolute atomic E-state index is 0. The van der Waals surface area contributed by atoms with Gasteiger partial charge in [0.15, 0.2) is 0 Å². The van der Waals surface area contributed by atoms with Gasteiger partial charge in [-0.3, -0.25) is 4.79 Å². The molecule has 3 N–H and O–H groups in total. The minimum atomic E-state index is -0.522. The lowest BCUT2D eigenvalue weighted by atomic mass is 9.89. The lowest BCUT2D eigenvalue weighted by Crippen LogP contribution is -2.41. The molecule has 0 fully saturated rings. The van der Waals surface area contributed by atoms with Crippen LogP contribution in [-0.2, 0) is 0 Å². The second kappa shape index (κ2) is 6.92. The number of ether oxygens (including phenoxy) is 1. The van der Waals surface area contributed by atoms with E-state index in [0.717, 1.165) is 11.1 Å². The van der Waals surface area contributed by atoms with Crippen molar-refractivity contribution in [1.82, 2.24) is 5.32 Å². The van der Waals surface area contributed by atoms with Crippen molar-refractivity contribution in [2.45, 2.75) is 38.8 Å². The number of nitrogen functional groups attached to an aromatic ring is 1. The van der Waals surface area contributed by atoms with Crippen molar-refractivity contribution in [3.63, 3.8) is 0 Å². The van der Waals surface area contributed by atoms with Gasteiger partial charge in [-0.05, 0) is 56.7 Å². The predicted molar refractivity (Wildman–Crippen MR) is 98.8 cm³/mol. The maximum Gasteiger partial charge on any atom is 0.254 e. The molecule has 0 bridgehead atoms. The van der Waals surface area contributed by atoms with Crippen LogP contribution in [0.3, 0.4) is 0 Å². The van der Waals surface area contributed by atoms with Crippen LogP contribution in [0.4, 0.5) is 10.1 Å². The van der Waals surface area contributed by atoms with Crippen LogP contribution in [0, 0.1) is 12.7 Å². The molecule has 6 heteroatoms. The van der Waals surface area contributed by atoms with E-state index in [0.29, 0.717) is 17.9 Å². The van der Waals surface area contributed by atoms with Crippen LogP contribution in [0.25, 0.3) is 0 Å². The van der Waals surface area contributed by atoms with E-state index in [4.69, 9.17) is 10.5 Å². The number of carbonyl (C=O) groups is 1. The van der Waals surface area contributed by atoms with Gasteiger partial charge in [-0.1, -0.05) is 6.07 Å². The number of nitrogens with one attached hydrogen (secondary N) is 1. The Morgan fingerprint density at radius 1 is 1.28 bits per heavy atom. The first-order chi connectivity index (χ1) is 11.2. The molecule has 3 rings (SSSR count). The van der Waals surface area contributed by atoms with Crippen molar-refractivity contribution in [3.05, 3.63) is 58.9 Å². The number of rotatable bonds is 2. The van der Waals surface area contributed by atoms with Crippen LogP contribution in [0.15, 0.2) is 36.4 Å². The van der Waals surface area contributed by atoms with Gasteiger partial charge in [-0.2, -0.15) is 0 Å². The fraction of sp³-hybridized carbons (Fsp3) is 0.316. The summed E-state index contributed by atoms with van der Waals surface area (Å²) in [4.78, 5) is 12.5. The number of hydrogen-bond donors (Lipinski definition) is 2. The SMILES string of the molecule is Cc1ccc(C(=O)NC2CC(C)(C)Oc3ccc(N)cc32)c(F)c1.Cl. The minimum Gasteiger partial charge on any atom is -0.487 e. The third-order valence-corrected chi connectivity index (χ3v) is 4.17. The molecule has 2 aromatic rings. The third-order valence-electron chi connectivity index (χ3n) is 4.17. The molecule has 0 aliphatic carbocycles. The second-order valence-corrected chi connectivity index (χ2v) is 6.87. The van der Waals surface area contributed by atoms with Crippen LogP contribution < -0.4 is 15.8 Å². The Hall–Kier alpha value is -2.27.